The summed E-state index contributed by atoms with van der Waals surface area (Å²) in [5.41, 5.74) is 8.38. The van der Waals surface area contributed by atoms with Gasteiger partial charge in [-0.15, -0.1) is 0 Å². The van der Waals surface area contributed by atoms with Crippen LogP contribution in [0.25, 0.3) is 5.82 Å². The molecule has 9 nitrogen and oxygen atoms in total. The Balaban J connectivity index is 1.67. The monoisotopic (exact) mass is 427 g/mol. The number of benzene rings is 1. The van der Waals surface area contributed by atoms with Crippen LogP contribution < -0.4 is 15.8 Å². The first-order valence-corrected chi connectivity index (χ1v) is 9.53. The SMILES string of the molecule is Cc1nn(-c2cncc(Cl)n2)c(C)c1CC(=O)NNC(=O)c1cccc(N(C)C)c1. The van der Waals surface area contributed by atoms with E-state index in [0.717, 1.165) is 16.9 Å². The molecule has 1 aromatic carbocycles. The lowest BCUT2D eigenvalue weighted by Crippen LogP contribution is -2.42. The van der Waals surface area contributed by atoms with Crippen LogP contribution in [0.3, 0.4) is 0 Å². The van der Waals surface area contributed by atoms with E-state index < -0.39 is 5.91 Å². The summed E-state index contributed by atoms with van der Waals surface area (Å²) in [6.45, 7) is 3.63. The number of aromatic nitrogens is 4. The van der Waals surface area contributed by atoms with Crippen LogP contribution in [-0.4, -0.2) is 45.7 Å². The fourth-order valence-corrected chi connectivity index (χ4v) is 3.06. The zero-order chi connectivity index (χ0) is 21.8. The number of hydrazine groups is 1. The minimum atomic E-state index is -0.398. The molecule has 0 saturated carbocycles. The van der Waals surface area contributed by atoms with Crippen molar-refractivity contribution in [3.63, 3.8) is 0 Å². The topological polar surface area (TPSA) is 105 Å². The number of aryl methyl sites for hydroxylation is 1. The second kappa shape index (κ2) is 8.91. The average molecular weight is 428 g/mol. The quantitative estimate of drug-likeness (QED) is 0.603. The van der Waals surface area contributed by atoms with Crippen molar-refractivity contribution >= 4 is 29.1 Å². The summed E-state index contributed by atoms with van der Waals surface area (Å²) in [4.78, 5) is 34.8. The number of hydrogen-bond donors (Lipinski definition) is 2. The van der Waals surface area contributed by atoms with Crippen LogP contribution in [0.15, 0.2) is 36.7 Å². The zero-order valence-electron chi connectivity index (χ0n) is 17.1. The molecule has 0 unspecified atom stereocenters. The molecular weight excluding hydrogens is 406 g/mol. The number of anilines is 1. The molecule has 2 amide bonds. The van der Waals surface area contributed by atoms with Gasteiger partial charge in [0.2, 0.25) is 5.91 Å². The molecule has 0 atom stereocenters. The zero-order valence-corrected chi connectivity index (χ0v) is 17.9. The lowest BCUT2D eigenvalue weighted by Gasteiger charge is -2.13. The molecule has 30 heavy (non-hydrogen) atoms. The summed E-state index contributed by atoms with van der Waals surface area (Å²) in [6, 6.07) is 7.10. The van der Waals surface area contributed by atoms with Crippen molar-refractivity contribution in [1.82, 2.24) is 30.6 Å². The smallest absolute Gasteiger partial charge is 0.269 e. The second-order valence-electron chi connectivity index (χ2n) is 6.89. The van der Waals surface area contributed by atoms with Gasteiger partial charge in [-0.05, 0) is 32.0 Å². The first-order chi connectivity index (χ1) is 14.3. The van der Waals surface area contributed by atoms with Gasteiger partial charge < -0.3 is 4.90 Å². The number of nitrogens with one attached hydrogen (secondary N) is 2. The van der Waals surface area contributed by atoms with Crippen LogP contribution in [-0.2, 0) is 11.2 Å². The maximum atomic E-state index is 12.4. The molecule has 2 heterocycles. The van der Waals surface area contributed by atoms with E-state index in [1.165, 1.54) is 12.4 Å². The van der Waals surface area contributed by atoms with Gasteiger partial charge in [-0.1, -0.05) is 17.7 Å². The highest BCUT2D eigenvalue weighted by Crippen LogP contribution is 2.18. The highest BCUT2D eigenvalue weighted by molar-refractivity contribution is 6.29. The van der Waals surface area contributed by atoms with Crippen molar-refractivity contribution in [3.05, 3.63) is 64.3 Å². The molecule has 3 aromatic rings. The summed E-state index contributed by atoms with van der Waals surface area (Å²) in [6.07, 6.45) is 3.02. The first kappa shape index (κ1) is 21.3. The van der Waals surface area contributed by atoms with Crippen LogP contribution in [0, 0.1) is 13.8 Å². The van der Waals surface area contributed by atoms with E-state index in [2.05, 4.69) is 25.9 Å². The molecule has 0 saturated heterocycles. The number of rotatable bonds is 5. The van der Waals surface area contributed by atoms with Gasteiger partial charge in [-0.3, -0.25) is 25.4 Å². The van der Waals surface area contributed by atoms with Crippen LogP contribution in [0.4, 0.5) is 5.69 Å². The number of carbonyl (C=O) groups is 2. The molecule has 0 radical (unpaired) electrons. The highest BCUT2D eigenvalue weighted by Gasteiger charge is 2.17. The van der Waals surface area contributed by atoms with Gasteiger partial charge in [0.15, 0.2) is 5.82 Å². The maximum absolute atomic E-state index is 12.4. The largest absolute Gasteiger partial charge is 0.378 e. The standard InChI is InChI=1S/C20H22ClN7O2/c1-12-16(13(2)28(26-12)18-11-22-10-17(21)23-18)9-19(29)24-25-20(30)14-6-5-7-15(8-14)27(3)4/h5-8,10-11H,9H2,1-4H3,(H,24,29)(H,25,30). The van der Waals surface area contributed by atoms with Gasteiger partial charge in [0.1, 0.15) is 5.15 Å². The van der Waals surface area contributed by atoms with Gasteiger partial charge >= 0.3 is 0 Å². The first-order valence-electron chi connectivity index (χ1n) is 9.16. The molecule has 2 N–H and O–H groups in total. The molecule has 0 fully saturated rings. The molecule has 0 aliphatic heterocycles. The summed E-state index contributed by atoms with van der Waals surface area (Å²) >= 11 is 5.90. The van der Waals surface area contributed by atoms with Gasteiger partial charge in [0.05, 0.1) is 24.5 Å². The molecule has 2 aromatic heterocycles. The molecule has 3 rings (SSSR count). The van der Waals surface area contributed by atoms with Crippen LogP contribution in [0.1, 0.15) is 27.3 Å². The predicted octanol–water partition coefficient (Wildman–Crippen LogP) is 2.00. The Kier molecular flexibility index (Phi) is 6.31. The Bertz CT molecular complexity index is 1090. The molecular formula is C20H22ClN7O2. The Hall–Kier alpha value is -3.46. The van der Waals surface area contributed by atoms with Crippen molar-refractivity contribution in [3.8, 4) is 5.82 Å². The van der Waals surface area contributed by atoms with Gasteiger partial charge in [0, 0.05) is 36.6 Å². The Labute approximate surface area is 179 Å². The van der Waals surface area contributed by atoms with Crippen LogP contribution >= 0.6 is 11.6 Å². The number of halogens is 1. The Morgan fingerprint density at radius 1 is 1.17 bits per heavy atom. The minimum absolute atomic E-state index is 0.0453. The number of amides is 2. The Morgan fingerprint density at radius 2 is 1.93 bits per heavy atom. The van der Waals surface area contributed by atoms with E-state index in [-0.39, 0.29) is 17.5 Å². The average Bonchev–Trinajstić information content (AvgIpc) is 3.00. The van der Waals surface area contributed by atoms with Gasteiger partial charge in [0.25, 0.3) is 5.91 Å². The Morgan fingerprint density at radius 3 is 2.63 bits per heavy atom. The maximum Gasteiger partial charge on any atom is 0.269 e. The lowest BCUT2D eigenvalue weighted by atomic mass is 10.1. The fourth-order valence-electron chi connectivity index (χ4n) is 2.92. The van der Waals surface area contributed by atoms with E-state index in [0.29, 0.717) is 17.1 Å². The van der Waals surface area contributed by atoms with Crippen LogP contribution in [0.2, 0.25) is 5.15 Å². The van der Waals surface area contributed by atoms with Gasteiger partial charge in [-0.25, -0.2) is 9.67 Å². The summed E-state index contributed by atoms with van der Waals surface area (Å²) in [5, 5.41) is 4.68. The van der Waals surface area contributed by atoms with E-state index in [9.17, 15) is 9.59 Å². The van der Waals surface area contributed by atoms with Crippen molar-refractivity contribution in [1.29, 1.82) is 0 Å². The van der Waals surface area contributed by atoms with E-state index >= 15 is 0 Å². The fraction of sp³-hybridized carbons (Fsp3) is 0.250. The molecule has 0 aliphatic rings. The highest BCUT2D eigenvalue weighted by atomic mass is 35.5. The molecule has 156 valence electrons. The summed E-state index contributed by atoms with van der Waals surface area (Å²) < 4.78 is 1.59. The third-order valence-corrected chi connectivity index (χ3v) is 4.71. The van der Waals surface area contributed by atoms with Crippen molar-refractivity contribution in [2.24, 2.45) is 0 Å². The second-order valence-corrected chi connectivity index (χ2v) is 7.27. The summed E-state index contributed by atoms with van der Waals surface area (Å²) in [5.74, 6) is -0.302. The van der Waals surface area contributed by atoms with E-state index in [4.69, 9.17) is 11.6 Å². The predicted molar refractivity (Wildman–Crippen MR) is 114 cm³/mol. The van der Waals surface area contributed by atoms with Gasteiger partial charge in [-0.2, -0.15) is 5.10 Å². The normalized spacial score (nSPS) is 10.6. The van der Waals surface area contributed by atoms with Crippen molar-refractivity contribution in [2.45, 2.75) is 20.3 Å². The van der Waals surface area contributed by atoms with Crippen LogP contribution in [0.5, 0.6) is 0 Å². The van der Waals surface area contributed by atoms with Crippen molar-refractivity contribution in [2.75, 3.05) is 19.0 Å². The molecule has 0 bridgehead atoms. The number of nitrogens with zero attached hydrogens (tertiary/aromatic N) is 5. The molecule has 0 aliphatic carbocycles. The minimum Gasteiger partial charge on any atom is -0.378 e. The van der Waals surface area contributed by atoms with E-state index in [1.807, 2.05) is 32.0 Å². The summed E-state index contributed by atoms with van der Waals surface area (Å²) in [7, 11) is 3.78. The van der Waals surface area contributed by atoms with E-state index in [1.54, 1.807) is 29.8 Å². The lowest BCUT2D eigenvalue weighted by molar-refractivity contribution is -0.121. The molecule has 10 heteroatoms. The third kappa shape index (κ3) is 4.74. The molecule has 0 spiro atoms. The van der Waals surface area contributed by atoms with Crippen molar-refractivity contribution < 1.29 is 9.59 Å². The number of hydrogen-bond acceptors (Lipinski definition) is 6. The number of carbonyl (C=O) groups excluding carboxylic acids is 2. The third-order valence-electron chi connectivity index (χ3n) is 4.53.